The number of anilines is 6. The summed E-state index contributed by atoms with van der Waals surface area (Å²) in [4.78, 5) is 4.99. The van der Waals surface area contributed by atoms with Gasteiger partial charge in [-0.3, -0.25) is 0 Å². The molecule has 3 heteroatoms. The van der Waals surface area contributed by atoms with Crippen LogP contribution in [0.15, 0.2) is 381 Å². The SMILES string of the molecule is Cc1ccc2c(c1)C(c1ccccc1)(c1ccccc1)c1cc(N(c3ccc(-c4ccc(N(c5ccc6oc7ccccc7c6c5)c5cccc6c5-c5ccccc5C65c6ccccc6-c6ccccc65)cc4)cc3)c3ccc4c(c3)C(c3ccccc3)(c3ccccc3)c3cc(C)ccc3-4)ccc1-2. The van der Waals surface area contributed by atoms with Gasteiger partial charge in [0.25, 0.3) is 0 Å². The van der Waals surface area contributed by atoms with Crippen LogP contribution in [0.3, 0.4) is 0 Å². The quantitative estimate of drug-likeness (QED) is 0.129. The molecule has 0 amide bonds. The fourth-order valence-corrected chi connectivity index (χ4v) is 19.1. The zero-order valence-corrected chi connectivity index (χ0v) is 57.6. The molecular weight excluding hydrogens is 1260 g/mol. The van der Waals surface area contributed by atoms with Gasteiger partial charge in [-0.2, -0.15) is 0 Å². The van der Waals surface area contributed by atoms with Crippen molar-refractivity contribution < 1.29 is 4.42 Å². The van der Waals surface area contributed by atoms with Gasteiger partial charge in [0.15, 0.2) is 0 Å². The van der Waals surface area contributed by atoms with Crippen LogP contribution in [0.1, 0.15) is 77.9 Å². The van der Waals surface area contributed by atoms with Crippen LogP contribution in [-0.4, -0.2) is 0 Å². The Kier molecular flexibility index (Phi) is 13.2. The van der Waals surface area contributed by atoms with E-state index in [1.54, 1.807) is 0 Å². The van der Waals surface area contributed by atoms with E-state index in [4.69, 9.17) is 4.42 Å². The fraction of sp³-hybridized carbons (Fsp3) is 0.0495. The average molecular weight is 1330 g/mol. The highest BCUT2D eigenvalue weighted by Crippen LogP contribution is 2.66. The number of aryl methyl sites for hydroxylation is 2. The van der Waals surface area contributed by atoms with Gasteiger partial charge in [-0.15, -0.1) is 0 Å². The molecule has 0 aliphatic heterocycles. The molecule has 4 aliphatic rings. The van der Waals surface area contributed by atoms with Crippen LogP contribution >= 0.6 is 0 Å². The average Bonchev–Trinajstić information content (AvgIpc) is 1.51. The molecule has 1 heterocycles. The summed E-state index contributed by atoms with van der Waals surface area (Å²) in [7, 11) is 0. The Balaban J connectivity index is 0.739. The smallest absolute Gasteiger partial charge is 0.135 e. The van der Waals surface area contributed by atoms with Crippen molar-refractivity contribution in [1.82, 2.24) is 0 Å². The Labute approximate surface area is 606 Å². The lowest BCUT2D eigenvalue weighted by Crippen LogP contribution is -2.29. The van der Waals surface area contributed by atoms with Crippen LogP contribution in [-0.2, 0) is 16.2 Å². The molecule has 488 valence electrons. The number of benzene rings is 16. The third-order valence-corrected chi connectivity index (χ3v) is 23.3. The Morgan fingerprint density at radius 2 is 0.577 bits per heavy atom. The monoisotopic (exact) mass is 1320 g/mol. The summed E-state index contributed by atoms with van der Waals surface area (Å²) in [6.45, 7) is 4.45. The summed E-state index contributed by atoms with van der Waals surface area (Å²) < 4.78 is 6.51. The second kappa shape index (κ2) is 23.0. The second-order valence-electron chi connectivity index (χ2n) is 28.7. The van der Waals surface area contributed by atoms with Crippen molar-refractivity contribution in [3.05, 3.63) is 454 Å². The largest absolute Gasteiger partial charge is 0.456 e. The zero-order valence-electron chi connectivity index (χ0n) is 57.6. The molecule has 3 nitrogen and oxygen atoms in total. The highest BCUT2D eigenvalue weighted by atomic mass is 16.3. The summed E-state index contributed by atoms with van der Waals surface area (Å²) in [5.74, 6) is 0. The summed E-state index contributed by atoms with van der Waals surface area (Å²) in [5, 5.41) is 2.17. The minimum Gasteiger partial charge on any atom is -0.456 e. The van der Waals surface area contributed by atoms with Gasteiger partial charge in [0.2, 0.25) is 0 Å². The molecule has 0 fully saturated rings. The molecule has 17 aromatic rings. The van der Waals surface area contributed by atoms with Crippen LogP contribution < -0.4 is 9.80 Å². The van der Waals surface area contributed by atoms with Crippen molar-refractivity contribution in [2.24, 2.45) is 0 Å². The molecule has 0 radical (unpaired) electrons. The van der Waals surface area contributed by atoms with Gasteiger partial charge in [0.1, 0.15) is 11.2 Å². The molecule has 0 bridgehead atoms. The molecule has 21 rings (SSSR count). The first-order chi connectivity index (χ1) is 51.4. The first kappa shape index (κ1) is 59.8. The number of para-hydroxylation sites is 1. The van der Waals surface area contributed by atoms with Gasteiger partial charge in [-0.25, -0.2) is 0 Å². The predicted octanol–water partition coefficient (Wildman–Crippen LogP) is 25.9. The topological polar surface area (TPSA) is 19.6 Å². The van der Waals surface area contributed by atoms with Crippen LogP contribution in [0, 0.1) is 13.8 Å². The maximum absolute atomic E-state index is 6.51. The molecule has 1 spiro atoms. The van der Waals surface area contributed by atoms with E-state index in [9.17, 15) is 0 Å². The second-order valence-corrected chi connectivity index (χ2v) is 28.7. The number of furan rings is 1. The molecule has 0 saturated heterocycles. The van der Waals surface area contributed by atoms with Crippen molar-refractivity contribution in [3.63, 3.8) is 0 Å². The highest BCUT2D eigenvalue weighted by Gasteiger charge is 2.53. The molecule has 0 N–H and O–H groups in total. The maximum Gasteiger partial charge on any atom is 0.135 e. The molecule has 0 unspecified atom stereocenters. The van der Waals surface area contributed by atoms with E-state index in [1.807, 2.05) is 0 Å². The van der Waals surface area contributed by atoms with Gasteiger partial charge >= 0.3 is 0 Å². The maximum atomic E-state index is 6.51. The Hall–Kier alpha value is -13.1. The van der Waals surface area contributed by atoms with Crippen LogP contribution in [0.4, 0.5) is 34.1 Å². The number of fused-ring (bicyclic) bond motifs is 19. The lowest BCUT2D eigenvalue weighted by atomic mass is 9.67. The molecular formula is C101H68N2O. The Morgan fingerprint density at radius 3 is 1.08 bits per heavy atom. The van der Waals surface area contributed by atoms with Crippen molar-refractivity contribution in [2.45, 2.75) is 30.1 Å². The van der Waals surface area contributed by atoms with Gasteiger partial charge in [-0.05, 0) is 210 Å². The third kappa shape index (κ3) is 8.41. The third-order valence-electron chi connectivity index (χ3n) is 23.3. The fourth-order valence-electron chi connectivity index (χ4n) is 19.1. The molecule has 0 atom stereocenters. The van der Waals surface area contributed by atoms with E-state index in [0.717, 1.165) is 67.2 Å². The molecule has 0 saturated carbocycles. The van der Waals surface area contributed by atoms with E-state index in [2.05, 4.69) is 400 Å². The Morgan fingerprint density at radius 1 is 0.221 bits per heavy atom. The molecule has 16 aromatic carbocycles. The number of hydrogen-bond acceptors (Lipinski definition) is 3. The van der Waals surface area contributed by atoms with Crippen molar-refractivity contribution in [1.29, 1.82) is 0 Å². The summed E-state index contributed by atoms with van der Waals surface area (Å²) >= 11 is 0. The normalized spacial score (nSPS) is 13.9. The predicted molar refractivity (Wildman–Crippen MR) is 429 cm³/mol. The van der Waals surface area contributed by atoms with Gasteiger partial charge in [0.05, 0.1) is 21.9 Å². The van der Waals surface area contributed by atoms with E-state index in [0.29, 0.717) is 0 Å². The van der Waals surface area contributed by atoms with Gasteiger partial charge in [0, 0.05) is 44.8 Å². The summed E-state index contributed by atoms with van der Waals surface area (Å²) in [5.41, 5.74) is 36.5. The Bertz CT molecular complexity index is 6000. The minimum atomic E-state index is -0.609. The molecule has 4 aliphatic carbocycles. The van der Waals surface area contributed by atoms with Crippen molar-refractivity contribution in [3.8, 4) is 55.6 Å². The van der Waals surface area contributed by atoms with Crippen molar-refractivity contribution in [2.75, 3.05) is 9.80 Å². The lowest BCUT2D eigenvalue weighted by molar-refractivity contribution is 0.669. The summed E-state index contributed by atoms with van der Waals surface area (Å²) in [6.07, 6.45) is 0. The molecule has 104 heavy (non-hydrogen) atoms. The van der Waals surface area contributed by atoms with E-state index in [1.165, 1.54) is 122 Å². The van der Waals surface area contributed by atoms with Crippen molar-refractivity contribution >= 4 is 56.1 Å². The van der Waals surface area contributed by atoms with E-state index < -0.39 is 16.2 Å². The number of rotatable bonds is 11. The van der Waals surface area contributed by atoms with Crippen LogP contribution in [0.5, 0.6) is 0 Å². The van der Waals surface area contributed by atoms with E-state index in [-0.39, 0.29) is 0 Å². The van der Waals surface area contributed by atoms with E-state index >= 15 is 0 Å². The van der Waals surface area contributed by atoms with Crippen LogP contribution in [0.2, 0.25) is 0 Å². The summed E-state index contributed by atoms with van der Waals surface area (Å²) in [6, 6.07) is 141. The lowest BCUT2D eigenvalue weighted by Gasteiger charge is -2.36. The first-order valence-corrected chi connectivity index (χ1v) is 36.3. The van der Waals surface area contributed by atoms with Gasteiger partial charge < -0.3 is 14.2 Å². The van der Waals surface area contributed by atoms with Gasteiger partial charge in [-0.1, -0.05) is 308 Å². The standard InChI is InChI=1S/C101H68N2O/c1-65-42-55-80-82-57-52-76(63-93(82)99(91(80)60-65,69-24-7-3-8-25-69)70-26-9-4-10-27-70)102(77-53-58-83-81-56-43-66(2)61-92(81)100(94(83)64-77,71-28-11-5-12-29-71)72-30-13-6-14-31-72)73-48-44-67(45-49-73)68-46-50-74(51-47-68)103(75-54-59-97-86(62-75)84-34-18-22-41-96(84)104-97)95-40-23-39-90-98(95)85-35-17-21-38-89(85)101(90)87-36-19-15-32-78(87)79-33-16-20-37-88(79)101/h3-64H,1-2H3. The number of hydrogen-bond donors (Lipinski definition) is 0. The zero-order chi connectivity index (χ0) is 68.8. The number of nitrogens with zero attached hydrogens (tertiary/aromatic N) is 2. The minimum absolute atomic E-state index is 0.502. The first-order valence-electron chi connectivity index (χ1n) is 36.3. The molecule has 1 aromatic heterocycles. The van der Waals surface area contributed by atoms with Crippen LogP contribution in [0.25, 0.3) is 77.6 Å². The highest BCUT2D eigenvalue weighted by molar-refractivity contribution is 6.08.